The lowest BCUT2D eigenvalue weighted by Crippen LogP contribution is -2.42. The van der Waals surface area contributed by atoms with Crippen LogP contribution in [0.5, 0.6) is 0 Å². The summed E-state index contributed by atoms with van der Waals surface area (Å²) in [4.78, 5) is 12.9. The number of halogens is 3. The first kappa shape index (κ1) is 25.8. The number of hydrogen-bond acceptors (Lipinski definition) is 6. The number of carbonyl (C=O) groups excluding carboxylic acids is 1. The molecular weight excluding hydrogens is 497 g/mol. The van der Waals surface area contributed by atoms with Crippen LogP contribution < -0.4 is 5.32 Å². The highest BCUT2D eigenvalue weighted by Gasteiger charge is 2.33. The van der Waals surface area contributed by atoms with Crippen LogP contribution in [0.15, 0.2) is 51.8 Å². The summed E-state index contributed by atoms with van der Waals surface area (Å²) in [5.41, 5.74) is 0.00830. The normalized spacial score (nSPS) is 19.3. The third kappa shape index (κ3) is 5.44. The molecule has 1 aliphatic heterocycles. The summed E-state index contributed by atoms with van der Waals surface area (Å²) >= 11 is 0. The smallest absolute Gasteiger partial charge is 0.403 e. The molecule has 1 fully saturated rings. The van der Waals surface area contributed by atoms with Gasteiger partial charge >= 0.3 is 12.2 Å². The Bertz CT molecular complexity index is 1360. The predicted molar refractivity (Wildman–Crippen MR) is 126 cm³/mol. The van der Waals surface area contributed by atoms with E-state index in [1.54, 1.807) is 13.0 Å². The summed E-state index contributed by atoms with van der Waals surface area (Å²) in [6, 6.07) is 8.21. The zero-order chi connectivity index (χ0) is 26.3. The number of nitrogens with one attached hydrogen (secondary N) is 1. The molecule has 1 aliphatic rings. The number of benzene rings is 2. The van der Waals surface area contributed by atoms with E-state index in [2.05, 4.69) is 15.5 Å². The van der Waals surface area contributed by atoms with Gasteiger partial charge in [0, 0.05) is 24.2 Å². The van der Waals surface area contributed by atoms with E-state index in [0.29, 0.717) is 18.7 Å². The Kier molecular flexibility index (Phi) is 6.93. The number of carbonyl (C=O) groups is 1. The number of piperidine rings is 1. The van der Waals surface area contributed by atoms with Gasteiger partial charge in [-0.3, -0.25) is 10.1 Å². The van der Waals surface area contributed by atoms with Crippen molar-refractivity contribution < 1.29 is 30.8 Å². The van der Waals surface area contributed by atoms with Gasteiger partial charge < -0.3 is 4.42 Å². The Morgan fingerprint density at radius 3 is 2.31 bits per heavy atom. The second-order valence-electron chi connectivity index (χ2n) is 9.19. The predicted octanol–water partition coefficient (Wildman–Crippen LogP) is 4.98. The molecular formula is C24H25F3N4O4S. The number of amides is 1. The number of sulfonamides is 1. The zero-order valence-electron chi connectivity index (χ0n) is 19.8. The summed E-state index contributed by atoms with van der Waals surface area (Å²) < 4.78 is 71.8. The van der Waals surface area contributed by atoms with E-state index >= 15 is 0 Å². The monoisotopic (exact) mass is 522 g/mol. The summed E-state index contributed by atoms with van der Waals surface area (Å²) in [5, 5.41) is 9.87. The Hall–Kier alpha value is -3.25. The van der Waals surface area contributed by atoms with Crippen LogP contribution in [0.2, 0.25) is 0 Å². The largest absolute Gasteiger partial charge is 0.416 e. The summed E-state index contributed by atoms with van der Waals surface area (Å²) in [6.07, 6.45) is -3.52. The van der Waals surface area contributed by atoms with Crippen molar-refractivity contribution in [3.63, 3.8) is 0 Å². The fourth-order valence-electron chi connectivity index (χ4n) is 4.32. The SMILES string of the molecule is Cc1ccc(C(=O)Nc2nnc(-c3ccc(C(F)(F)F)cc3)o2)cc1S(=O)(=O)N1C[C@H](C)C[C@H](C)C1. The number of anilines is 1. The molecule has 2 aromatic carbocycles. The van der Waals surface area contributed by atoms with Gasteiger partial charge in [0.15, 0.2) is 0 Å². The number of aryl methyl sites for hydroxylation is 1. The highest BCUT2D eigenvalue weighted by Crippen LogP contribution is 2.31. The average Bonchev–Trinajstić information content (AvgIpc) is 3.26. The van der Waals surface area contributed by atoms with Crippen LogP contribution >= 0.6 is 0 Å². The Balaban J connectivity index is 1.52. The van der Waals surface area contributed by atoms with Gasteiger partial charge in [-0.1, -0.05) is 25.0 Å². The molecule has 8 nitrogen and oxygen atoms in total. The van der Waals surface area contributed by atoms with E-state index in [9.17, 15) is 26.4 Å². The van der Waals surface area contributed by atoms with E-state index in [0.717, 1.165) is 18.6 Å². The fourth-order valence-corrected chi connectivity index (χ4v) is 6.25. The highest BCUT2D eigenvalue weighted by atomic mass is 32.2. The van der Waals surface area contributed by atoms with E-state index in [4.69, 9.17) is 4.42 Å². The molecule has 2 heterocycles. The molecule has 1 amide bonds. The van der Waals surface area contributed by atoms with Crippen molar-refractivity contribution in [3.8, 4) is 11.5 Å². The molecule has 4 rings (SSSR count). The Morgan fingerprint density at radius 1 is 1.06 bits per heavy atom. The van der Waals surface area contributed by atoms with Crippen LogP contribution in [0, 0.1) is 18.8 Å². The first-order chi connectivity index (χ1) is 16.8. The lowest BCUT2D eigenvalue weighted by atomic mass is 9.94. The molecule has 0 unspecified atom stereocenters. The molecule has 1 N–H and O–H groups in total. The van der Waals surface area contributed by atoms with Crippen molar-refractivity contribution >= 4 is 21.9 Å². The molecule has 12 heteroatoms. The van der Waals surface area contributed by atoms with Crippen molar-refractivity contribution in [1.29, 1.82) is 0 Å². The van der Waals surface area contributed by atoms with Crippen LogP contribution in [-0.4, -0.2) is 41.9 Å². The first-order valence-corrected chi connectivity index (χ1v) is 12.7. The molecule has 36 heavy (non-hydrogen) atoms. The molecule has 0 radical (unpaired) electrons. The maximum atomic E-state index is 13.4. The molecule has 2 atom stereocenters. The second kappa shape index (κ2) is 9.66. The third-order valence-electron chi connectivity index (χ3n) is 6.01. The number of aromatic nitrogens is 2. The standard InChI is InChI=1S/C24H25F3N4O4S/c1-14-10-15(2)13-31(12-14)36(33,34)20-11-18(5-4-16(20)3)21(32)28-23-30-29-22(35-23)17-6-8-19(9-7-17)24(25,26)27/h4-9,11,14-15H,10,12-13H2,1-3H3,(H,28,30,32)/t14-,15+. The van der Waals surface area contributed by atoms with Gasteiger partial charge in [0.25, 0.3) is 5.91 Å². The quantitative estimate of drug-likeness (QED) is 0.507. The molecule has 0 spiro atoms. The van der Waals surface area contributed by atoms with Crippen LogP contribution in [0.1, 0.15) is 41.8 Å². The lowest BCUT2D eigenvalue weighted by Gasteiger charge is -2.34. The van der Waals surface area contributed by atoms with E-state index in [1.165, 1.54) is 28.6 Å². The molecule has 192 valence electrons. The average molecular weight is 523 g/mol. The topological polar surface area (TPSA) is 105 Å². The van der Waals surface area contributed by atoms with E-state index in [-0.39, 0.29) is 39.8 Å². The minimum atomic E-state index is -4.47. The highest BCUT2D eigenvalue weighted by molar-refractivity contribution is 7.89. The molecule has 0 aliphatic carbocycles. The summed E-state index contributed by atoms with van der Waals surface area (Å²) in [7, 11) is -3.81. The summed E-state index contributed by atoms with van der Waals surface area (Å²) in [6.45, 7) is 6.52. The number of nitrogens with zero attached hydrogens (tertiary/aromatic N) is 3. The van der Waals surface area contributed by atoms with Crippen molar-refractivity contribution in [2.75, 3.05) is 18.4 Å². The van der Waals surface area contributed by atoms with Crippen molar-refractivity contribution in [3.05, 3.63) is 59.2 Å². The Labute approximate surface area is 206 Å². The molecule has 1 aromatic heterocycles. The van der Waals surface area contributed by atoms with Crippen LogP contribution in [0.3, 0.4) is 0 Å². The van der Waals surface area contributed by atoms with Crippen LogP contribution in [0.25, 0.3) is 11.5 Å². The van der Waals surface area contributed by atoms with Gasteiger partial charge in [-0.25, -0.2) is 8.42 Å². The molecule has 3 aromatic rings. The lowest BCUT2D eigenvalue weighted by molar-refractivity contribution is -0.137. The third-order valence-corrected chi connectivity index (χ3v) is 7.98. The Morgan fingerprint density at radius 2 is 1.69 bits per heavy atom. The second-order valence-corrected chi connectivity index (χ2v) is 11.1. The molecule has 1 saturated heterocycles. The minimum absolute atomic E-state index is 0.0485. The first-order valence-electron chi connectivity index (χ1n) is 11.3. The van der Waals surface area contributed by atoms with Crippen molar-refractivity contribution in [2.45, 2.75) is 38.3 Å². The zero-order valence-corrected chi connectivity index (χ0v) is 20.7. The minimum Gasteiger partial charge on any atom is -0.403 e. The fraction of sp³-hybridized carbons (Fsp3) is 0.375. The van der Waals surface area contributed by atoms with Crippen LogP contribution in [-0.2, 0) is 16.2 Å². The van der Waals surface area contributed by atoms with Gasteiger partial charge in [-0.05, 0) is 67.1 Å². The van der Waals surface area contributed by atoms with Crippen molar-refractivity contribution in [1.82, 2.24) is 14.5 Å². The molecule has 0 saturated carbocycles. The maximum Gasteiger partial charge on any atom is 0.416 e. The van der Waals surface area contributed by atoms with E-state index < -0.39 is 27.7 Å². The number of rotatable bonds is 5. The van der Waals surface area contributed by atoms with Gasteiger partial charge in [0.2, 0.25) is 15.9 Å². The van der Waals surface area contributed by atoms with Gasteiger partial charge in [0.05, 0.1) is 10.5 Å². The summed E-state index contributed by atoms with van der Waals surface area (Å²) in [5.74, 6) is -0.299. The van der Waals surface area contributed by atoms with E-state index in [1.807, 2.05) is 13.8 Å². The number of hydrogen-bond donors (Lipinski definition) is 1. The molecule has 0 bridgehead atoms. The maximum absolute atomic E-state index is 13.4. The van der Waals surface area contributed by atoms with Crippen molar-refractivity contribution in [2.24, 2.45) is 11.8 Å². The van der Waals surface area contributed by atoms with Gasteiger partial charge in [-0.2, -0.15) is 17.5 Å². The number of alkyl halides is 3. The van der Waals surface area contributed by atoms with Gasteiger partial charge in [-0.15, -0.1) is 5.10 Å². The van der Waals surface area contributed by atoms with Crippen LogP contribution in [0.4, 0.5) is 19.2 Å². The van der Waals surface area contributed by atoms with Gasteiger partial charge in [0.1, 0.15) is 0 Å².